The van der Waals surface area contributed by atoms with Crippen LogP contribution >= 0.6 is 11.6 Å². The molecule has 0 aliphatic heterocycles. The SMILES string of the molecule is Fc1cccc(Cl)c1CNC1CC2CCC1C2. The van der Waals surface area contributed by atoms with Gasteiger partial charge in [0.1, 0.15) is 5.82 Å². The van der Waals surface area contributed by atoms with Crippen LogP contribution in [0.3, 0.4) is 0 Å². The first kappa shape index (κ1) is 11.5. The predicted octanol–water partition coefficient (Wildman–Crippen LogP) is 3.76. The lowest BCUT2D eigenvalue weighted by Crippen LogP contribution is -2.33. The van der Waals surface area contributed by atoms with Gasteiger partial charge in [0, 0.05) is 23.2 Å². The zero-order valence-corrected chi connectivity index (χ0v) is 10.5. The Labute approximate surface area is 106 Å². The smallest absolute Gasteiger partial charge is 0.129 e. The molecule has 17 heavy (non-hydrogen) atoms. The van der Waals surface area contributed by atoms with Crippen molar-refractivity contribution in [3.63, 3.8) is 0 Å². The van der Waals surface area contributed by atoms with E-state index in [0.717, 1.165) is 11.8 Å². The molecule has 3 unspecified atom stereocenters. The topological polar surface area (TPSA) is 12.0 Å². The van der Waals surface area contributed by atoms with Gasteiger partial charge >= 0.3 is 0 Å². The molecule has 0 saturated heterocycles. The third-order valence-corrected chi connectivity index (χ3v) is 4.69. The molecule has 0 aromatic heterocycles. The lowest BCUT2D eigenvalue weighted by molar-refractivity contribution is 0.349. The summed E-state index contributed by atoms with van der Waals surface area (Å²) in [4.78, 5) is 0. The van der Waals surface area contributed by atoms with E-state index in [-0.39, 0.29) is 5.82 Å². The van der Waals surface area contributed by atoms with Crippen LogP contribution in [-0.4, -0.2) is 6.04 Å². The summed E-state index contributed by atoms with van der Waals surface area (Å²) < 4.78 is 13.6. The second-order valence-corrected chi connectivity index (χ2v) is 5.77. The Morgan fingerprint density at radius 3 is 2.82 bits per heavy atom. The normalized spacial score (nSPS) is 31.1. The molecule has 2 saturated carbocycles. The van der Waals surface area contributed by atoms with Crippen LogP contribution < -0.4 is 5.32 Å². The van der Waals surface area contributed by atoms with Crippen LogP contribution in [0.15, 0.2) is 18.2 Å². The van der Waals surface area contributed by atoms with Gasteiger partial charge in [-0.1, -0.05) is 24.1 Å². The van der Waals surface area contributed by atoms with Gasteiger partial charge in [-0.05, 0) is 43.2 Å². The molecule has 2 aliphatic carbocycles. The fraction of sp³-hybridized carbons (Fsp3) is 0.571. The molecule has 0 amide bonds. The van der Waals surface area contributed by atoms with Crippen LogP contribution in [0, 0.1) is 17.7 Å². The van der Waals surface area contributed by atoms with Gasteiger partial charge in [0.25, 0.3) is 0 Å². The van der Waals surface area contributed by atoms with Crippen LogP contribution in [0.25, 0.3) is 0 Å². The standard InChI is InChI=1S/C14H17ClFN/c15-12-2-1-3-13(16)11(12)8-17-14-7-9-4-5-10(14)6-9/h1-3,9-10,14,17H,4-8H2. The number of hydrogen-bond acceptors (Lipinski definition) is 1. The van der Waals surface area contributed by atoms with Crippen LogP contribution in [-0.2, 0) is 6.54 Å². The minimum absolute atomic E-state index is 0.201. The molecule has 1 aromatic rings. The number of nitrogens with one attached hydrogen (secondary N) is 1. The summed E-state index contributed by atoms with van der Waals surface area (Å²) in [6.45, 7) is 0.555. The van der Waals surface area contributed by atoms with Crippen LogP contribution in [0.4, 0.5) is 4.39 Å². The maximum Gasteiger partial charge on any atom is 0.129 e. The van der Waals surface area contributed by atoms with Crippen molar-refractivity contribution in [1.82, 2.24) is 5.32 Å². The summed E-state index contributed by atoms with van der Waals surface area (Å²) in [7, 11) is 0. The molecule has 1 N–H and O–H groups in total. The number of halogens is 2. The maximum absolute atomic E-state index is 13.6. The van der Waals surface area contributed by atoms with E-state index in [9.17, 15) is 4.39 Å². The first-order chi connectivity index (χ1) is 8.24. The second-order valence-electron chi connectivity index (χ2n) is 5.36. The Morgan fingerprint density at radius 2 is 2.18 bits per heavy atom. The third kappa shape index (κ3) is 2.21. The van der Waals surface area contributed by atoms with Gasteiger partial charge in [-0.15, -0.1) is 0 Å². The molecule has 2 bridgehead atoms. The van der Waals surface area contributed by atoms with E-state index in [4.69, 9.17) is 11.6 Å². The van der Waals surface area contributed by atoms with E-state index >= 15 is 0 Å². The van der Waals surface area contributed by atoms with Crippen molar-refractivity contribution in [1.29, 1.82) is 0 Å². The van der Waals surface area contributed by atoms with Gasteiger partial charge in [0.2, 0.25) is 0 Å². The molecule has 3 rings (SSSR count). The Balaban J connectivity index is 1.64. The number of benzene rings is 1. The van der Waals surface area contributed by atoms with Gasteiger partial charge in [0.15, 0.2) is 0 Å². The summed E-state index contributed by atoms with van der Waals surface area (Å²) >= 11 is 6.01. The van der Waals surface area contributed by atoms with Crippen molar-refractivity contribution < 1.29 is 4.39 Å². The van der Waals surface area contributed by atoms with Crippen LogP contribution in [0.1, 0.15) is 31.2 Å². The maximum atomic E-state index is 13.6. The fourth-order valence-corrected chi connectivity index (χ4v) is 3.66. The lowest BCUT2D eigenvalue weighted by Gasteiger charge is -2.23. The number of hydrogen-bond donors (Lipinski definition) is 1. The Bertz CT molecular complexity index is 400. The van der Waals surface area contributed by atoms with Crippen molar-refractivity contribution in [2.75, 3.05) is 0 Å². The molecule has 3 heteroatoms. The first-order valence-corrected chi connectivity index (χ1v) is 6.78. The molecule has 0 heterocycles. The van der Waals surface area contributed by atoms with E-state index in [1.54, 1.807) is 12.1 Å². The van der Waals surface area contributed by atoms with Crippen molar-refractivity contribution in [2.45, 2.75) is 38.3 Å². The monoisotopic (exact) mass is 253 g/mol. The largest absolute Gasteiger partial charge is 0.309 e. The average Bonchev–Trinajstić information content (AvgIpc) is 2.90. The Morgan fingerprint density at radius 1 is 1.29 bits per heavy atom. The van der Waals surface area contributed by atoms with Crippen LogP contribution in [0.5, 0.6) is 0 Å². The third-order valence-electron chi connectivity index (χ3n) is 4.34. The minimum Gasteiger partial charge on any atom is -0.309 e. The molecule has 0 spiro atoms. The second kappa shape index (κ2) is 4.58. The summed E-state index contributed by atoms with van der Waals surface area (Å²) in [6.07, 6.45) is 5.36. The summed E-state index contributed by atoms with van der Waals surface area (Å²) in [5.74, 6) is 1.52. The van der Waals surface area contributed by atoms with Crippen molar-refractivity contribution in [3.05, 3.63) is 34.6 Å². The van der Waals surface area contributed by atoms with Gasteiger partial charge in [-0.3, -0.25) is 0 Å². The molecule has 92 valence electrons. The highest BCUT2D eigenvalue weighted by molar-refractivity contribution is 6.31. The summed E-state index contributed by atoms with van der Waals surface area (Å²) in [5.41, 5.74) is 0.608. The van der Waals surface area contributed by atoms with Crippen molar-refractivity contribution >= 4 is 11.6 Å². The highest BCUT2D eigenvalue weighted by Crippen LogP contribution is 2.44. The fourth-order valence-electron chi connectivity index (χ4n) is 3.43. The van der Waals surface area contributed by atoms with E-state index < -0.39 is 0 Å². The van der Waals surface area contributed by atoms with E-state index in [1.807, 2.05) is 0 Å². The highest BCUT2D eigenvalue weighted by Gasteiger charge is 2.39. The van der Waals surface area contributed by atoms with E-state index in [2.05, 4.69) is 5.32 Å². The predicted molar refractivity (Wildman–Crippen MR) is 67.5 cm³/mol. The summed E-state index contributed by atoms with van der Waals surface area (Å²) in [6, 6.07) is 5.45. The molecular formula is C14H17ClFN. The zero-order valence-electron chi connectivity index (χ0n) is 9.76. The van der Waals surface area contributed by atoms with Gasteiger partial charge < -0.3 is 5.32 Å². The quantitative estimate of drug-likeness (QED) is 0.865. The molecular weight excluding hydrogens is 237 g/mol. The highest BCUT2D eigenvalue weighted by atomic mass is 35.5. The minimum atomic E-state index is -0.201. The van der Waals surface area contributed by atoms with Crippen molar-refractivity contribution in [2.24, 2.45) is 11.8 Å². The van der Waals surface area contributed by atoms with Crippen LogP contribution in [0.2, 0.25) is 5.02 Å². The van der Waals surface area contributed by atoms with Gasteiger partial charge in [-0.2, -0.15) is 0 Å². The molecule has 2 fully saturated rings. The number of rotatable bonds is 3. The first-order valence-electron chi connectivity index (χ1n) is 6.40. The Kier molecular flexibility index (Phi) is 3.10. The molecule has 1 aromatic carbocycles. The molecule has 0 radical (unpaired) electrons. The van der Waals surface area contributed by atoms with E-state index in [0.29, 0.717) is 23.2 Å². The zero-order chi connectivity index (χ0) is 11.8. The number of fused-ring (bicyclic) bond motifs is 2. The van der Waals surface area contributed by atoms with Gasteiger partial charge in [0.05, 0.1) is 0 Å². The molecule has 1 nitrogen and oxygen atoms in total. The lowest BCUT2D eigenvalue weighted by atomic mass is 9.95. The molecule has 3 atom stereocenters. The summed E-state index contributed by atoms with van der Waals surface area (Å²) in [5, 5.41) is 4.01. The van der Waals surface area contributed by atoms with Gasteiger partial charge in [-0.25, -0.2) is 4.39 Å². The molecule has 2 aliphatic rings. The van der Waals surface area contributed by atoms with Crippen molar-refractivity contribution in [3.8, 4) is 0 Å². The average molecular weight is 254 g/mol. The van der Waals surface area contributed by atoms with E-state index in [1.165, 1.54) is 31.7 Å². The Hall–Kier alpha value is -0.600.